The number of hydrazine groups is 1. The molecular weight excluding hydrogens is 228 g/mol. The van der Waals surface area contributed by atoms with E-state index in [1.807, 2.05) is 26.0 Å². The first-order chi connectivity index (χ1) is 8.67. The highest BCUT2D eigenvalue weighted by atomic mass is 16.5. The first-order valence-corrected chi connectivity index (χ1v) is 5.66. The molecule has 0 bridgehead atoms. The van der Waals surface area contributed by atoms with Gasteiger partial charge in [-0.05, 0) is 37.1 Å². The Morgan fingerprint density at radius 2 is 1.83 bits per heavy atom. The van der Waals surface area contributed by atoms with E-state index in [0.29, 0.717) is 12.4 Å². The minimum absolute atomic E-state index is 0.390. The highest BCUT2D eigenvalue weighted by Crippen LogP contribution is 2.17. The molecule has 3 N–H and O–H groups in total. The van der Waals surface area contributed by atoms with Gasteiger partial charge in [0.15, 0.2) is 5.82 Å². The maximum Gasteiger partial charge on any atom is 0.158 e. The average Bonchev–Trinajstić information content (AvgIpc) is 2.36. The van der Waals surface area contributed by atoms with Gasteiger partial charge in [0.05, 0.1) is 18.1 Å². The second-order valence-electron chi connectivity index (χ2n) is 4.15. The smallest absolute Gasteiger partial charge is 0.158 e. The van der Waals surface area contributed by atoms with Gasteiger partial charge in [0.2, 0.25) is 0 Å². The lowest BCUT2D eigenvalue weighted by Gasteiger charge is -2.08. The van der Waals surface area contributed by atoms with Crippen molar-refractivity contribution in [3.05, 3.63) is 47.4 Å². The van der Waals surface area contributed by atoms with Gasteiger partial charge in [-0.15, -0.1) is 0 Å². The van der Waals surface area contributed by atoms with Crippen molar-refractivity contribution in [2.75, 3.05) is 5.43 Å². The summed E-state index contributed by atoms with van der Waals surface area (Å²) in [5.74, 6) is 6.59. The van der Waals surface area contributed by atoms with Crippen molar-refractivity contribution >= 4 is 5.82 Å². The summed E-state index contributed by atoms with van der Waals surface area (Å²) in [5.41, 5.74) is 5.54. The zero-order valence-electron chi connectivity index (χ0n) is 10.5. The fourth-order valence-corrected chi connectivity index (χ4v) is 1.68. The van der Waals surface area contributed by atoms with Crippen LogP contribution in [0.5, 0.6) is 5.75 Å². The van der Waals surface area contributed by atoms with Crippen molar-refractivity contribution in [1.29, 1.82) is 0 Å². The maximum absolute atomic E-state index is 5.67. The Morgan fingerprint density at radius 1 is 1.11 bits per heavy atom. The van der Waals surface area contributed by atoms with Gasteiger partial charge in [-0.3, -0.25) is 4.98 Å². The van der Waals surface area contributed by atoms with E-state index < -0.39 is 0 Å². The van der Waals surface area contributed by atoms with E-state index in [2.05, 4.69) is 21.5 Å². The lowest BCUT2D eigenvalue weighted by Crippen LogP contribution is -2.09. The van der Waals surface area contributed by atoms with Crippen LogP contribution in [-0.4, -0.2) is 9.97 Å². The summed E-state index contributed by atoms with van der Waals surface area (Å²) in [6, 6.07) is 6.10. The Balaban J connectivity index is 2.01. The van der Waals surface area contributed by atoms with E-state index in [-0.39, 0.29) is 0 Å². The highest BCUT2D eigenvalue weighted by Gasteiger charge is 2.00. The zero-order chi connectivity index (χ0) is 13.0. The molecule has 2 aromatic rings. The number of nitrogens with two attached hydrogens (primary N) is 1. The fraction of sp³-hybridized carbons (Fsp3) is 0.231. The van der Waals surface area contributed by atoms with Gasteiger partial charge in [-0.1, -0.05) is 6.07 Å². The van der Waals surface area contributed by atoms with Crippen LogP contribution in [0.3, 0.4) is 0 Å². The van der Waals surface area contributed by atoms with Gasteiger partial charge < -0.3 is 10.2 Å². The molecule has 0 aliphatic carbocycles. The summed E-state index contributed by atoms with van der Waals surface area (Å²) in [6.07, 6.45) is 3.21. The molecule has 0 saturated heterocycles. The number of hydrogen-bond acceptors (Lipinski definition) is 5. The molecule has 0 atom stereocenters. The first kappa shape index (κ1) is 12.3. The number of nitrogens with one attached hydrogen (secondary N) is 1. The van der Waals surface area contributed by atoms with Gasteiger partial charge in [-0.2, -0.15) is 0 Å². The zero-order valence-corrected chi connectivity index (χ0v) is 10.5. The van der Waals surface area contributed by atoms with Crippen LogP contribution in [0.4, 0.5) is 5.82 Å². The van der Waals surface area contributed by atoms with E-state index in [4.69, 9.17) is 10.6 Å². The minimum atomic E-state index is 0.390. The molecule has 0 saturated carbocycles. The largest absolute Gasteiger partial charge is 0.487 e. The molecule has 0 radical (unpaired) electrons. The van der Waals surface area contributed by atoms with Gasteiger partial charge in [0.25, 0.3) is 0 Å². The molecule has 1 heterocycles. The Kier molecular flexibility index (Phi) is 3.74. The molecule has 2 rings (SSSR count). The van der Waals surface area contributed by atoms with Gasteiger partial charge in [0.1, 0.15) is 12.4 Å². The van der Waals surface area contributed by atoms with Crippen LogP contribution in [0, 0.1) is 13.8 Å². The van der Waals surface area contributed by atoms with Crippen molar-refractivity contribution < 1.29 is 4.74 Å². The summed E-state index contributed by atoms with van der Waals surface area (Å²) in [7, 11) is 0. The lowest BCUT2D eigenvalue weighted by atomic mass is 10.1. The van der Waals surface area contributed by atoms with Crippen LogP contribution in [-0.2, 0) is 6.61 Å². The molecule has 1 aromatic heterocycles. The number of aromatic nitrogens is 2. The van der Waals surface area contributed by atoms with Crippen LogP contribution >= 0.6 is 0 Å². The molecule has 1 aromatic carbocycles. The second kappa shape index (κ2) is 5.46. The van der Waals surface area contributed by atoms with Crippen molar-refractivity contribution in [2.24, 2.45) is 5.84 Å². The number of nitrogen functional groups attached to an aromatic ring is 1. The lowest BCUT2D eigenvalue weighted by molar-refractivity contribution is 0.300. The fourth-order valence-electron chi connectivity index (χ4n) is 1.68. The van der Waals surface area contributed by atoms with Crippen LogP contribution in [0.2, 0.25) is 0 Å². The molecule has 94 valence electrons. The normalized spacial score (nSPS) is 10.2. The summed E-state index contributed by atoms with van der Waals surface area (Å²) in [5, 5.41) is 0. The van der Waals surface area contributed by atoms with E-state index in [9.17, 15) is 0 Å². The van der Waals surface area contributed by atoms with Crippen LogP contribution in [0.15, 0.2) is 30.6 Å². The van der Waals surface area contributed by atoms with Crippen molar-refractivity contribution in [3.8, 4) is 5.75 Å². The van der Waals surface area contributed by atoms with E-state index in [1.54, 1.807) is 12.4 Å². The molecule has 5 heteroatoms. The third kappa shape index (κ3) is 3.18. The molecule has 18 heavy (non-hydrogen) atoms. The van der Waals surface area contributed by atoms with Crippen molar-refractivity contribution in [3.63, 3.8) is 0 Å². The minimum Gasteiger partial charge on any atom is -0.487 e. The molecule has 0 unspecified atom stereocenters. The number of anilines is 1. The predicted octanol–water partition coefficient (Wildman–Crippen LogP) is 1.96. The number of benzene rings is 1. The van der Waals surface area contributed by atoms with Crippen LogP contribution in [0.1, 0.15) is 16.8 Å². The molecule has 0 aliphatic rings. The Bertz CT molecular complexity index is 505. The number of aryl methyl sites for hydroxylation is 2. The summed E-state index contributed by atoms with van der Waals surface area (Å²) in [6.45, 7) is 4.48. The number of rotatable bonds is 4. The topological polar surface area (TPSA) is 73.1 Å². The maximum atomic E-state index is 5.67. The molecule has 5 nitrogen and oxygen atoms in total. The summed E-state index contributed by atoms with van der Waals surface area (Å²) in [4.78, 5) is 8.25. The molecule has 0 amide bonds. The number of hydrogen-bond donors (Lipinski definition) is 2. The molecule has 0 fully saturated rings. The highest BCUT2D eigenvalue weighted by molar-refractivity contribution is 5.33. The van der Waals surface area contributed by atoms with Crippen LogP contribution < -0.4 is 16.0 Å². The predicted molar refractivity (Wildman–Crippen MR) is 70.1 cm³/mol. The first-order valence-electron chi connectivity index (χ1n) is 5.66. The number of nitrogens with zero attached hydrogens (tertiary/aromatic N) is 2. The Morgan fingerprint density at radius 3 is 2.39 bits per heavy atom. The number of ether oxygens (including phenoxy) is 1. The van der Waals surface area contributed by atoms with E-state index >= 15 is 0 Å². The molecular formula is C13H16N4O. The third-order valence-corrected chi connectivity index (χ3v) is 2.44. The SMILES string of the molecule is Cc1cc(C)cc(OCc2cnc(NN)cn2)c1. The van der Waals surface area contributed by atoms with Crippen molar-refractivity contribution in [1.82, 2.24) is 9.97 Å². The third-order valence-electron chi connectivity index (χ3n) is 2.44. The molecule has 0 aliphatic heterocycles. The van der Waals surface area contributed by atoms with Crippen molar-refractivity contribution in [2.45, 2.75) is 20.5 Å². The second-order valence-corrected chi connectivity index (χ2v) is 4.15. The molecule has 0 spiro atoms. The van der Waals surface area contributed by atoms with Gasteiger partial charge in [-0.25, -0.2) is 10.8 Å². The summed E-state index contributed by atoms with van der Waals surface area (Å²) >= 11 is 0. The quantitative estimate of drug-likeness (QED) is 0.635. The monoisotopic (exact) mass is 244 g/mol. The van der Waals surface area contributed by atoms with E-state index in [0.717, 1.165) is 11.4 Å². The Hall–Kier alpha value is -2.14. The average molecular weight is 244 g/mol. The summed E-state index contributed by atoms with van der Waals surface area (Å²) < 4.78 is 5.67. The van der Waals surface area contributed by atoms with Crippen LogP contribution in [0.25, 0.3) is 0 Å². The standard InChI is InChI=1S/C13H16N4O/c1-9-3-10(2)5-12(4-9)18-8-11-6-16-13(17-14)7-15-11/h3-7H,8,14H2,1-2H3,(H,16,17). The van der Waals surface area contributed by atoms with Gasteiger partial charge in [0, 0.05) is 0 Å². The van der Waals surface area contributed by atoms with Gasteiger partial charge >= 0.3 is 0 Å². The van der Waals surface area contributed by atoms with E-state index in [1.165, 1.54) is 11.1 Å². The Labute approximate surface area is 106 Å².